The van der Waals surface area contributed by atoms with Crippen LogP contribution in [0, 0.1) is 0 Å². The van der Waals surface area contributed by atoms with Crippen molar-refractivity contribution < 1.29 is 4.74 Å². The Balaban J connectivity index is 1.98. The highest BCUT2D eigenvalue weighted by molar-refractivity contribution is 7.11. The minimum absolute atomic E-state index is 0.241. The van der Waals surface area contributed by atoms with E-state index in [0.717, 1.165) is 23.7 Å². The Morgan fingerprint density at radius 2 is 2.16 bits per heavy atom. The maximum absolute atomic E-state index is 5.39. The van der Waals surface area contributed by atoms with Crippen LogP contribution in [-0.2, 0) is 13.0 Å². The van der Waals surface area contributed by atoms with Crippen molar-refractivity contribution in [3.8, 4) is 5.75 Å². The fourth-order valence-corrected chi connectivity index (χ4v) is 2.78. The second-order valence-electron chi connectivity index (χ2n) is 4.42. The van der Waals surface area contributed by atoms with Crippen LogP contribution < -0.4 is 10.1 Å². The van der Waals surface area contributed by atoms with E-state index < -0.39 is 0 Å². The van der Waals surface area contributed by atoms with Crippen LogP contribution in [0.2, 0.25) is 0 Å². The smallest absolute Gasteiger partial charge is 0.123 e. The van der Waals surface area contributed by atoms with E-state index in [-0.39, 0.29) is 6.04 Å². The lowest BCUT2D eigenvalue weighted by molar-refractivity contribution is 0.401. The van der Waals surface area contributed by atoms with Crippen molar-refractivity contribution >= 4 is 11.3 Å². The molecule has 3 nitrogen and oxygen atoms in total. The van der Waals surface area contributed by atoms with Gasteiger partial charge in [0.15, 0.2) is 0 Å². The monoisotopic (exact) mass is 276 g/mol. The number of thiazole rings is 1. The van der Waals surface area contributed by atoms with Crippen LogP contribution in [0.25, 0.3) is 0 Å². The molecule has 102 valence electrons. The summed E-state index contributed by atoms with van der Waals surface area (Å²) in [5, 5.41) is 4.63. The number of hydrogen-bond donors (Lipinski definition) is 1. The number of hydrogen-bond acceptors (Lipinski definition) is 4. The molecule has 1 N–H and O–H groups in total. The molecule has 1 aromatic carbocycles. The maximum Gasteiger partial charge on any atom is 0.123 e. The van der Waals surface area contributed by atoms with Crippen molar-refractivity contribution in [1.29, 1.82) is 0 Å². The highest BCUT2D eigenvalue weighted by atomic mass is 32.1. The summed E-state index contributed by atoms with van der Waals surface area (Å²) in [7, 11) is 1.71. The van der Waals surface area contributed by atoms with Gasteiger partial charge in [-0.25, -0.2) is 4.98 Å². The topological polar surface area (TPSA) is 34.2 Å². The van der Waals surface area contributed by atoms with Crippen molar-refractivity contribution in [2.45, 2.75) is 32.9 Å². The summed E-state index contributed by atoms with van der Waals surface area (Å²) in [4.78, 5) is 5.75. The van der Waals surface area contributed by atoms with Gasteiger partial charge in [-0.3, -0.25) is 0 Å². The molecule has 0 radical (unpaired) electrons. The predicted molar refractivity (Wildman–Crippen MR) is 79.7 cm³/mol. The van der Waals surface area contributed by atoms with Gasteiger partial charge in [0.2, 0.25) is 0 Å². The van der Waals surface area contributed by atoms with E-state index in [9.17, 15) is 0 Å². The van der Waals surface area contributed by atoms with Crippen LogP contribution in [0.3, 0.4) is 0 Å². The van der Waals surface area contributed by atoms with Gasteiger partial charge in [0, 0.05) is 29.2 Å². The van der Waals surface area contributed by atoms with Crippen molar-refractivity contribution in [2.24, 2.45) is 0 Å². The van der Waals surface area contributed by atoms with Gasteiger partial charge in [0.1, 0.15) is 10.8 Å². The molecule has 2 rings (SSSR count). The van der Waals surface area contributed by atoms with Gasteiger partial charge in [-0.15, -0.1) is 11.3 Å². The number of para-hydroxylation sites is 1. The first kappa shape index (κ1) is 14.0. The zero-order valence-corrected chi connectivity index (χ0v) is 12.5. The van der Waals surface area contributed by atoms with Gasteiger partial charge in [0.25, 0.3) is 0 Å². The minimum Gasteiger partial charge on any atom is -0.496 e. The summed E-state index contributed by atoms with van der Waals surface area (Å²) in [6.07, 6.45) is 3.02. The Hall–Kier alpha value is -1.39. The lowest BCUT2D eigenvalue weighted by Gasteiger charge is -2.16. The molecule has 0 aliphatic heterocycles. The normalized spacial score (nSPS) is 12.4. The fraction of sp³-hybridized carbons (Fsp3) is 0.400. The molecular weight excluding hydrogens is 256 g/mol. The molecule has 0 spiro atoms. The van der Waals surface area contributed by atoms with Crippen LogP contribution in [0.1, 0.15) is 35.3 Å². The largest absolute Gasteiger partial charge is 0.496 e. The van der Waals surface area contributed by atoms with Gasteiger partial charge in [0.05, 0.1) is 7.11 Å². The molecule has 4 heteroatoms. The van der Waals surface area contributed by atoms with Gasteiger partial charge in [-0.1, -0.05) is 25.1 Å². The van der Waals surface area contributed by atoms with Crippen LogP contribution in [0.15, 0.2) is 30.5 Å². The molecule has 1 unspecified atom stereocenters. The van der Waals surface area contributed by atoms with Crippen molar-refractivity contribution in [3.63, 3.8) is 0 Å². The van der Waals surface area contributed by atoms with Crippen LogP contribution in [0.5, 0.6) is 5.75 Å². The summed E-state index contributed by atoms with van der Waals surface area (Å²) < 4.78 is 5.39. The van der Waals surface area contributed by atoms with Crippen molar-refractivity contribution in [1.82, 2.24) is 10.3 Å². The lowest BCUT2D eigenvalue weighted by Crippen LogP contribution is -2.18. The first-order valence-corrected chi connectivity index (χ1v) is 7.36. The van der Waals surface area contributed by atoms with Crippen LogP contribution >= 0.6 is 11.3 Å². The Bertz CT molecular complexity index is 524. The summed E-state index contributed by atoms with van der Waals surface area (Å²) >= 11 is 1.78. The highest BCUT2D eigenvalue weighted by Gasteiger charge is 2.11. The number of ether oxygens (including phenoxy) is 1. The van der Waals surface area contributed by atoms with Crippen molar-refractivity contribution in [2.75, 3.05) is 7.11 Å². The summed E-state index contributed by atoms with van der Waals surface area (Å²) in [6.45, 7) is 5.10. The number of nitrogens with zero attached hydrogens (tertiary/aromatic N) is 1. The second-order valence-corrected chi connectivity index (χ2v) is 5.62. The Morgan fingerprint density at radius 3 is 2.84 bits per heavy atom. The van der Waals surface area contributed by atoms with Crippen LogP contribution in [-0.4, -0.2) is 12.1 Å². The molecule has 0 bridgehead atoms. The third-order valence-electron chi connectivity index (χ3n) is 3.11. The highest BCUT2D eigenvalue weighted by Crippen LogP contribution is 2.24. The lowest BCUT2D eigenvalue weighted by atomic mass is 10.1. The molecule has 0 aliphatic carbocycles. The first-order valence-electron chi connectivity index (χ1n) is 6.54. The number of methoxy groups -OCH3 is 1. The zero-order valence-electron chi connectivity index (χ0n) is 11.6. The maximum atomic E-state index is 5.39. The van der Waals surface area contributed by atoms with E-state index >= 15 is 0 Å². The third-order valence-corrected chi connectivity index (χ3v) is 4.26. The number of aromatic nitrogens is 1. The molecule has 0 saturated heterocycles. The molecule has 2 aromatic rings. The number of rotatable bonds is 6. The number of aryl methyl sites for hydroxylation is 1. The molecule has 19 heavy (non-hydrogen) atoms. The molecule has 0 amide bonds. The Labute approximate surface area is 118 Å². The Kier molecular flexibility index (Phi) is 4.93. The third kappa shape index (κ3) is 3.55. The first-order chi connectivity index (χ1) is 9.24. The quantitative estimate of drug-likeness (QED) is 0.876. The van der Waals surface area contributed by atoms with E-state index in [1.54, 1.807) is 18.4 Å². The van der Waals surface area contributed by atoms with Crippen LogP contribution in [0.4, 0.5) is 0 Å². The molecule has 0 fully saturated rings. The van der Waals surface area contributed by atoms with Crippen molar-refractivity contribution in [3.05, 3.63) is 45.9 Å². The van der Waals surface area contributed by atoms with Gasteiger partial charge >= 0.3 is 0 Å². The van der Waals surface area contributed by atoms with E-state index in [0.29, 0.717) is 0 Å². The van der Waals surface area contributed by atoms with Gasteiger partial charge in [-0.05, 0) is 19.4 Å². The van der Waals surface area contributed by atoms with E-state index in [4.69, 9.17) is 4.74 Å². The average Bonchev–Trinajstić information content (AvgIpc) is 2.92. The molecule has 1 atom stereocenters. The Morgan fingerprint density at radius 1 is 1.37 bits per heavy atom. The number of nitrogens with one attached hydrogen (secondary N) is 1. The van der Waals surface area contributed by atoms with E-state index in [1.165, 1.54) is 10.4 Å². The average molecular weight is 276 g/mol. The standard InChI is InChI=1S/C15H20N2OS/c1-4-12-9-17-15(19-12)10-16-11(2)13-7-5-6-8-14(13)18-3/h5-9,11,16H,4,10H2,1-3H3. The van der Waals surface area contributed by atoms with Gasteiger partial charge in [-0.2, -0.15) is 0 Å². The zero-order chi connectivity index (χ0) is 13.7. The fourth-order valence-electron chi connectivity index (χ4n) is 1.97. The molecule has 0 saturated carbocycles. The predicted octanol–water partition coefficient (Wildman–Crippen LogP) is 3.56. The summed E-state index contributed by atoms with van der Waals surface area (Å²) in [5.74, 6) is 0.927. The molecule has 0 aliphatic rings. The molecule has 1 aromatic heterocycles. The second kappa shape index (κ2) is 6.68. The SMILES string of the molecule is CCc1cnc(CNC(C)c2ccccc2OC)s1. The van der Waals surface area contributed by atoms with E-state index in [1.807, 2.05) is 24.4 Å². The summed E-state index contributed by atoms with van der Waals surface area (Å²) in [5.41, 5.74) is 1.18. The number of benzene rings is 1. The van der Waals surface area contributed by atoms with Gasteiger partial charge < -0.3 is 10.1 Å². The minimum atomic E-state index is 0.241. The summed E-state index contributed by atoms with van der Waals surface area (Å²) in [6, 6.07) is 8.35. The van der Waals surface area contributed by atoms with E-state index in [2.05, 4.69) is 30.2 Å². The molecular formula is C15H20N2OS. The molecule has 1 heterocycles.